The van der Waals surface area contributed by atoms with Crippen LogP contribution in [0.5, 0.6) is 5.75 Å². The maximum absolute atomic E-state index is 13.4. The zero-order valence-corrected chi connectivity index (χ0v) is 16.2. The number of aromatic nitrogens is 3. The lowest BCUT2D eigenvalue weighted by molar-refractivity contribution is 0.0741. The molecule has 0 atom stereocenters. The van der Waals surface area contributed by atoms with Gasteiger partial charge < -0.3 is 14.6 Å². The summed E-state index contributed by atoms with van der Waals surface area (Å²) in [5.41, 5.74) is 3.31. The maximum atomic E-state index is 13.4. The molecule has 2 aromatic heterocycles. The summed E-state index contributed by atoms with van der Waals surface area (Å²) in [6.45, 7) is 1.10. The number of benzene rings is 2. The number of rotatable bonds is 7. The molecule has 1 amide bonds. The van der Waals surface area contributed by atoms with Crippen molar-refractivity contribution in [2.45, 2.75) is 13.0 Å². The van der Waals surface area contributed by atoms with Crippen molar-refractivity contribution in [2.24, 2.45) is 0 Å². The summed E-state index contributed by atoms with van der Waals surface area (Å²) in [4.78, 5) is 26.7. The van der Waals surface area contributed by atoms with Gasteiger partial charge in [-0.1, -0.05) is 42.5 Å². The fourth-order valence-electron chi connectivity index (χ4n) is 3.31. The second kappa shape index (κ2) is 8.56. The zero-order valence-electron chi connectivity index (χ0n) is 16.2. The lowest BCUT2D eigenvalue weighted by atomic mass is 10.1. The molecule has 0 aliphatic rings. The number of methoxy groups -OCH3 is 1. The van der Waals surface area contributed by atoms with Crippen molar-refractivity contribution < 1.29 is 9.53 Å². The standard InChI is InChI=1S/C23H22N4O2/c1-29-19-9-7-17(8-10-19)12-14-27(15-18-5-3-2-4-6-18)23(28)21-20-11-13-24-22(20)26-16-25-21/h2-11,13,16H,12,14-15H2,1H3,(H,24,25,26). The molecular formula is C23H22N4O2. The van der Waals surface area contributed by atoms with E-state index in [9.17, 15) is 4.79 Å². The van der Waals surface area contributed by atoms with E-state index < -0.39 is 0 Å². The van der Waals surface area contributed by atoms with Crippen molar-refractivity contribution in [3.8, 4) is 5.75 Å². The number of ether oxygens (including phenoxy) is 1. The van der Waals surface area contributed by atoms with Crippen molar-refractivity contribution in [1.29, 1.82) is 0 Å². The highest BCUT2D eigenvalue weighted by atomic mass is 16.5. The molecule has 146 valence electrons. The molecule has 4 aromatic rings. The molecule has 0 unspecified atom stereocenters. The molecule has 0 aliphatic carbocycles. The van der Waals surface area contributed by atoms with Gasteiger partial charge in [-0.15, -0.1) is 0 Å². The summed E-state index contributed by atoms with van der Waals surface area (Å²) in [5, 5.41) is 0.736. The van der Waals surface area contributed by atoms with Crippen molar-refractivity contribution >= 4 is 16.9 Å². The average molecular weight is 386 g/mol. The van der Waals surface area contributed by atoms with Crippen LogP contribution >= 0.6 is 0 Å². The largest absolute Gasteiger partial charge is 0.497 e. The van der Waals surface area contributed by atoms with Crippen LogP contribution < -0.4 is 4.74 Å². The highest BCUT2D eigenvalue weighted by Crippen LogP contribution is 2.18. The summed E-state index contributed by atoms with van der Waals surface area (Å²) in [6.07, 6.45) is 3.94. The number of carbonyl (C=O) groups excluding carboxylic acids is 1. The van der Waals surface area contributed by atoms with Gasteiger partial charge in [0.1, 0.15) is 23.4 Å². The van der Waals surface area contributed by atoms with Crippen molar-refractivity contribution in [3.05, 3.63) is 90.0 Å². The van der Waals surface area contributed by atoms with E-state index in [-0.39, 0.29) is 5.91 Å². The summed E-state index contributed by atoms with van der Waals surface area (Å²) >= 11 is 0. The van der Waals surface area contributed by atoms with E-state index in [1.165, 1.54) is 6.33 Å². The van der Waals surface area contributed by atoms with Crippen molar-refractivity contribution in [1.82, 2.24) is 19.9 Å². The van der Waals surface area contributed by atoms with Gasteiger partial charge in [-0.3, -0.25) is 4.79 Å². The van der Waals surface area contributed by atoms with Crippen molar-refractivity contribution in [3.63, 3.8) is 0 Å². The first-order valence-corrected chi connectivity index (χ1v) is 9.49. The zero-order chi connectivity index (χ0) is 20.1. The quantitative estimate of drug-likeness (QED) is 0.524. The van der Waals surface area contributed by atoms with Crippen LogP contribution in [0.25, 0.3) is 11.0 Å². The topological polar surface area (TPSA) is 71.1 Å². The molecule has 6 heteroatoms. The third-order valence-corrected chi connectivity index (χ3v) is 4.89. The van der Waals surface area contributed by atoms with Crippen LogP contribution in [-0.4, -0.2) is 39.4 Å². The Kier molecular flexibility index (Phi) is 5.52. The first-order chi connectivity index (χ1) is 14.2. The van der Waals surface area contributed by atoms with E-state index in [0.717, 1.165) is 28.7 Å². The molecule has 0 bridgehead atoms. The van der Waals surface area contributed by atoms with E-state index >= 15 is 0 Å². The van der Waals surface area contributed by atoms with E-state index in [4.69, 9.17) is 4.74 Å². The number of carbonyl (C=O) groups is 1. The first kappa shape index (κ1) is 18.7. The highest BCUT2D eigenvalue weighted by Gasteiger charge is 2.20. The molecule has 2 aromatic carbocycles. The minimum absolute atomic E-state index is 0.102. The van der Waals surface area contributed by atoms with Gasteiger partial charge in [0.15, 0.2) is 0 Å². The Balaban J connectivity index is 1.58. The molecule has 0 fully saturated rings. The minimum Gasteiger partial charge on any atom is -0.497 e. The van der Waals surface area contributed by atoms with Crippen LogP contribution in [0.1, 0.15) is 21.6 Å². The summed E-state index contributed by atoms with van der Waals surface area (Å²) in [6, 6.07) is 19.8. The number of fused-ring (bicyclic) bond motifs is 1. The fourth-order valence-corrected chi connectivity index (χ4v) is 3.31. The molecule has 1 N–H and O–H groups in total. The van der Waals surface area contributed by atoms with E-state index in [2.05, 4.69) is 15.0 Å². The van der Waals surface area contributed by atoms with Gasteiger partial charge in [0.25, 0.3) is 5.91 Å². The number of amides is 1. The Hall–Kier alpha value is -3.67. The highest BCUT2D eigenvalue weighted by molar-refractivity contribution is 6.03. The number of nitrogens with one attached hydrogen (secondary N) is 1. The van der Waals surface area contributed by atoms with Crippen LogP contribution in [0, 0.1) is 0 Å². The smallest absolute Gasteiger partial charge is 0.273 e. The van der Waals surface area contributed by atoms with Crippen LogP contribution in [0.4, 0.5) is 0 Å². The Labute approximate surface area is 169 Å². The number of hydrogen-bond donors (Lipinski definition) is 1. The molecule has 0 saturated heterocycles. The second-order valence-electron chi connectivity index (χ2n) is 6.77. The van der Waals surface area contributed by atoms with Gasteiger partial charge in [-0.2, -0.15) is 0 Å². The lowest BCUT2D eigenvalue weighted by Gasteiger charge is -2.23. The van der Waals surface area contributed by atoms with Gasteiger partial charge in [-0.05, 0) is 35.7 Å². The van der Waals surface area contributed by atoms with Gasteiger partial charge in [0.2, 0.25) is 0 Å². The molecule has 2 heterocycles. The second-order valence-corrected chi connectivity index (χ2v) is 6.77. The molecule has 29 heavy (non-hydrogen) atoms. The predicted molar refractivity (Wildman–Crippen MR) is 112 cm³/mol. The Bertz CT molecular complexity index is 1090. The molecule has 0 aliphatic heterocycles. The Morgan fingerprint density at radius 1 is 1.00 bits per heavy atom. The third kappa shape index (κ3) is 4.27. The van der Waals surface area contributed by atoms with E-state index in [0.29, 0.717) is 24.4 Å². The third-order valence-electron chi connectivity index (χ3n) is 4.89. The fraction of sp³-hybridized carbons (Fsp3) is 0.174. The van der Waals surface area contributed by atoms with Crippen LogP contribution in [-0.2, 0) is 13.0 Å². The molecule has 0 spiro atoms. The van der Waals surface area contributed by atoms with Gasteiger partial charge in [-0.25, -0.2) is 9.97 Å². The minimum atomic E-state index is -0.102. The average Bonchev–Trinajstić information content (AvgIpc) is 3.26. The van der Waals surface area contributed by atoms with Crippen LogP contribution in [0.15, 0.2) is 73.2 Å². The van der Waals surface area contributed by atoms with E-state index in [1.807, 2.05) is 65.6 Å². The maximum Gasteiger partial charge on any atom is 0.273 e. The normalized spacial score (nSPS) is 10.8. The summed E-state index contributed by atoms with van der Waals surface area (Å²) in [5.74, 6) is 0.719. The number of nitrogens with zero attached hydrogens (tertiary/aromatic N) is 3. The van der Waals surface area contributed by atoms with Crippen molar-refractivity contribution in [2.75, 3.05) is 13.7 Å². The van der Waals surface area contributed by atoms with E-state index in [1.54, 1.807) is 13.3 Å². The first-order valence-electron chi connectivity index (χ1n) is 9.49. The van der Waals surface area contributed by atoms with Crippen LogP contribution in [0.3, 0.4) is 0 Å². The van der Waals surface area contributed by atoms with Gasteiger partial charge in [0, 0.05) is 19.3 Å². The lowest BCUT2D eigenvalue weighted by Crippen LogP contribution is -2.33. The molecule has 0 radical (unpaired) electrons. The molecule has 0 saturated carbocycles. The summed E-state index contributed by atoms with van der Waals surface area (Å²) in [7, 11) is 1.65. The monoisotopic (exact) mass is 386 g/mol. The Morgan fingerprint density at radius 3 is 2.55 bits per heavy atom. The predicted octanol–water partition coefficient (Wildman–Crippen LogP) is 3.85. The SMILES string of the molecule is COc1ccc(CCN(Cc2ccccc2)C(=O)c2ncnc3[nH]ccc23)cc1. The molecule has 6 nitrogen and oxygen atoms in total. The number of hydrogen-bond acceptors (Lipinski definition) is 4. The number of aromatic amines is 1. The molecule has 4 rings (SSSR count). The Morgan fingerprint density at radius 2 is 1.79 bits per heavy atom. The van der Waals surface area contributed by atoms with Gasteiger partial charge >= 0.3 is 0 Å². The van der Waals surface area contributed by atoms with Crippen LogP contribution in [0.2, 0.25) is 0 Å². The van der Waals surface area contributed by atoms with Gasteiger partial charge in [0.05, 0.1) is 12.5 Å². The summed E-state index contributed by atoms with van der Waals surface area (Å²) < 4.78 is 5.22. The molecular weight excluding hydrogens is 364 g/mol. The number of H-pyrrole nitrogens is 1.